The Labute approximate surface area is 147 Å². The number of urea groups is 1. The number of hydrogen-bond acceptors (Lipinski definition) is 4. The Kier molecular flexibility index (Phi) is 7.06. The minimum absolute atomic E-state index is 0.0173. The standard InChI is InChI=1S/C18H26N2O5/c1-12-3-2-4-16(9-12)25-11-15(21)10-19-18(24)20-14-7-5-13(6-8-14)17(22)23/h2-4,9,13-15,21H,5-8,10-11H2,1H3,(H,22,23)(H2,19,20,24). The van der Waals surface area contributed by atoms with Crippen LogP contribution in [0.4, 0.5) is 4.79 Å². The van der Waals surface area contributed by atoms with E-state index >= 15 is 0 Å². The van der Waals surface area contributed by atoms with Gasteiger partial charge in [-0.1, -0.05) is 12.1 Å². The predicted molar refractivity (Wildman–Crippen MR) is 92.6 cm³/mol. The van der Waals surface area contributed by atoms with Gasteiger partial charge in [-0.3, -0.25) is 4.79 Å². The Morgan fingerprint density at radius 3 is 2.64 bits per heavy atom. The van der Waals surface area contributed by atoms with Gasteiger partial charge >= 0.3 is 12.0 Å². The molecule has 1 atom stereocenters. The van der Waals surface area contributed by atoms with Gasteiger partial charge in [-0.25, -0.2) is 4.79 Å². The number of ether oxygens (including phenoxy) is 1. The summed E-state index contributed by atoms with van der Waals surface area (Å²) in [5, 5.41) is 24.3. The number of aliphatic carboxylic acids is 1. The molecule has 1 aliphatic carbocycles. The fraction of sp³-hybridized carbons (Fsp3) is 0.556. The minimum Gasteiger partial charge on any atom is -0.491 e. The van der Waals surface area contributed by atoms with Crippen LogP contribution in [-0.4, -0.2) is 47.5 Å². The summed E-state index contributed by atoms with van der Waals surface area (Å²) in [6, 6.07) is 7.15. The van der Waals surface area contributed by atoms with Gasteiger partial charge in [0.05, 0.1) is 5.92 Å². The zero-order valence-electron chi connectivity index (χ0n) is 14.4. The van der Waals surface area contributed by atoms with Crippen LogP contribution in [0.15, 0.2) is 24.3 Å². The van der Waals surface area contributed by atoms with Gasteiger partial charge in [0.2, 0.25) is 0 Å². The van der Waals surface area contributed by atoms with Crippen molar-refractivity contribution in [3.8, 4) is 5.75 Å². The van der Waals surface area contributed by atoms with Gasteiger partial charge in [0.25, 0.3) is 0 Å². The highest BCUT2D eigenvalue weighted by Crippen LogP contribution is 2.24. The highest BCUT2D eigenvalue weighted by atomic mass is 16.5. The number of aliphatic hydroxyl groups is 1. The maximum Gasteiger partial charge on any atom is 0.315 e. The van der Waals surface area contributed by atoms with Crippen molar-refractivity contribution in [1.29, 1.82) is 0 Å². The SMILES string of the molecule is Cc1cccc(OCC(O)CNC(=O)NC2CCC(C(=O)O)CC2)c1. The van der Waals surface area contributed by atoms with Crippen LogP contribution in [0.1, 0.15) is 31.2 Å². The van der Waals surface area contributed by atoms with E-state index < -0.39 is 12.1 Å². The molecule has 0 saturated heterocycles. The highest BCUT2D eigenvalue weighted by molar-refractivity contribution is 5.74. The van der Waals surface area contributed by atoms with Crippen molar-refractivity contribution in [3.63, 3.8) is 0 Å². The second-order valence-corrected chi connectivity index (χ2v) is 6.52. The summed E-state index contributed by atoms with van der Waals surface area (Å²) in [4.78, 5) is 22.8. The first-order chi connectivity index (χ1) is 11.9. The first kappa shape index (κ1) is 19.1. The summed E-state index contributed by atoms with van der Waals surface area (Å²) in [5.41, 5.74) is 1.07. The third kappa shape index (κ3) is 6.62. The molecule has 0 bridgehead atoms. The molecule has 25 heavy (non-hydrogen) atoms. The number of carbonyl (C=O) groups is 2. The predicted octanol–water partition coefficient (Wildman–Crippen LogP) is 1.68. The van der Waals surface area contributed by atoms with E-state index in [4.69, 9.17) is 9.84 Å². The molecule has 1 unspecified atom stereocenters. The molecule has 1 fully saturated rings. The largest absolute Gasteiger partial charge is 0.491 e. The zero-order chi connectivity index (χ0) is 18.2. The highest BCUT2D eigenvalue weighted by Gasteiger charge is 2.26. The molecule has 0 aliphatic heterocycles. The lowest BCUT2D eigenvalue weighted by molar-refractivity contribution is -0.142. The Hall–Kier alpha value is -2.28. The first-order valence-electron chi connectivity index (χ1n) is 8.58. The molecule has 0 radical (unpaired) electrons. The molecule has 1 saturated carbocycles. The number of nitrogens with one attached hydrogen (secondary N) is 2. The third-order valence-electron chi connectivity index (χ3n) is 4.34. The molecule has 1 aromatic rings. The van der Waals surface area contributed by atoms with E-state index in [-0.39, 0.29) is 31.1 Å². The van der Waals surface area contributed by atoms with Crippen LogP contribution in [0.3, 0.4) is 0 Å². The Morgan fingerprint density at radius 2 is 2.00 bits per heavy atom. The molecule has 1 aromatic carbocycles. The normalized spacial score (nSPS) is 21.2. The maximum absolute atomic E-state index is 11.9. The number of hydrogen-bond donors (Lipinski definition) is 4. The van der Waals surface area contributed by atoms with Crippen molar-refractivity contribution in [1.82, 2.24) is 10.6 Å². The Bertz CT molecular complexity index is 585. The Balaban J connectivity index is 1.62. The van der Waals surface area contributed by atoms with Crippen LogP contribution < -0.4 is 15.4 Å². The summed E-state index contributed by atoms with van der Waals surface area (Å²) in [6.07, 6.45) is 1.65. The van der Waals surface area contributed by atoms with Crippen molar-refractivity contribution in [3.05, 3.63) is 29.8 Å². The number of benzene rings is 1. The fourth-order valence-electron chi connectivity index (χ4n) is 2.89. The van der Waals surface area contributed by atoms with E-state index in [1.54, 1.807) is 0 Å². The smallest absolute Gasteiger partial charge is 0.315 e. The van der Waals surface area contributed by atoms with E-state index in [1.807, 2.05) is 31.2 Å². The van der Waals surface area contributed by atoms with Gasteiger partial charge in [-0.05, 0) is 50.3 Å². The van der Waals surface area contributed by atoms with E-state index in [2.05, 4.69) is 10.6 Å². The second-order valence-electron chi connectivity index (χ2n) is 6.52. The number of carboxylic acids is 1. The van der Waals surface area contributed by atoms with Crippen LogP contribution in [0.2, 0.25) is 0 Å². The number of aryl methyl sites for hydroxylation is 1. The van der Waals surface area contributed by atoms with Gasteiger partial charge < -0.3 is 25.6 Å². The van der Waals surface area contributed by atoms with Gasteiger partial charge in [0, 0.05) is 12.6 Å². The van der Waals surface area contributed by atoms with E-state index in [0.29, 0.717) is 31.4 Å². The van der Waals surface area contributed by atoms with Crippen LogP contribution >= 0.6 is 0 Å². The molecule has 7 nitrogen and oxygen atoms in total. The van der Waals surface area contributed by atoms with Crippen molar-refractivity contribution in [2.24, 2.45) is 5.92 Å². The maximum atomic E-state index is 11.9. The number of aliphatic hydroxyl groups excluding tert-OH is 1. The minimum atomic E-state index is -0.811. The molecule has 138 valence electrons. The van der Waals surface area contributed by atoms with Crippen LogP contribution in [-0.2, 0) is 4.79 Å². The second kappa shape index (κ2) is 9.27. The van der Waals surface area contributed by atoms with Gasteiger partial charge in [0.1, 0.15) is 18.5 Å². The summed E-state index contributed by atoms with van der Waals surface area (Å²) in [6.45, 7) is 2.13. The summed E-state index contributed by atoms with van der Waals surface area (Å²) in [5.74, 6) is -0.389. The number of rotatable bonds is 7. The molecular weight excluding hydrogens is 324 g/mol. The van der Waals surface area contributed by atoms with Crippen LogP contribution in [0.25, 0.3) is 0 Å². The lowest BCUT2D eigenvalue weighted by Gasteiger charge is -2.27. The molecule has 4 N–H and O–H groups in total. The fourth-order valence-corrected chi connectivity index (χ4v) is 2.89. The van der Waals surface area contributed by atoms with Gasteiger partial charge in [0.15, 0.2) is 0 Å². The molecule has 0 heterocycles. The van der Waals surface area contributed by atoms with Crippen molar-refractivity contribution >= 4 is 12.0 Å². The van der Waals surface area contributed by atoms with Crippen LogP contribution in [0.5, 0.6) is 5.75 Å². The lowest BCUT2D eigenvalue weighted by atomic mass is 9.86. The topological polar surface area (TPSA) is 108 Å². The number of carboxylic acid groups (broad SMARTS) is 1. The molecule has 2 rings (SSSR count). The molecule has 2 amide bonds. The summed E-state index contributed by atoms with van der Waals surface area (Å²) in [7, 11) is 0. The molecule has 1 aliphatic rings. The average molecular weight is 350 g/mol. The Morgan fingerprint density at radius 1 is 1.28 bits per heavy atom. The van der Waals surface area contributed by atoms with Crippen molar-refractivity contribution in [2.45, 2.75) is 44.8 Å². The zero-order valence-corrected chi connectivity index (χ0v) is 14.4. The molecule has 0 spiro atoms. The quantitative estimate of drug-likeness (QED) is 0.598. The van der Waals surface area contributed by atoms with Crippen molar-refractivity contribution < 1.29 is 24.5 Å². The summed E-state index contributed by atoms with van der Waals surface area (Å²) >= 11 is 0. The first-order valence-corrected chi connectivity index (χ1v) is 8.58. The summed E-state index contributed by atoms with van der Waals surface area (Å²) < 4.78 is 5.49. The van der Waals surface area contributed by atoms with Gasteiger partial charge in [-0.15, -0.1) is 0 Å². The molecule has 7 heteroatoms. The average Bonchev–Trinajstić information content (AvgIpc) is 2.58. The lowest BCUT2D eigenvalue weighted by Crippen LogP contribution is -2.46. The number of amides is 2. The molecule has 0 aromatic heterocycles. The molecular formula is C18H26N2O5. The van der Waals surface area contributed by atoms with Gasteiger partial charge in [-0.2, -0.15) is 0 Å². The third-order valence-corrected chi connectivity index (χ3v) is 4.34. The van der Waals surface area contributed by atoms with Crippen molar-refractivity contribution in [2.75, 3.05) is 13.2 Å². The van der Waals surface area contributed by atoms with E-state index in [0.717, 1.165) is 5.56 Å². The van der Waals surface area contributed by atoms with Crippen LogP contribution in [0, 0.1) is 12.8 Å². The van der Waals surface area contributed by atoms with E-state index in [1.165, 1.54) is 0 Å². The van der Waals surface area contributed by atoms with E-state index in [9.17, 15) is 14.7 Å². The number of carbonyl (C=O) groups excluding carboxylic acids is 1. The monoisotopic (exact) mass is 350 g/mol.